The summed E-state index contributed by atoms with van der Waals surface area (Å²) in [7, 11) is -3.72. The third-order valence-corrected chi connectivity index (χ3v) is 6.27. The summed E-state index contributed by atoms with van der Waals surface area (Å²) in [6.07, 6.45) is 1.45. The van der Waals surface area contributed by atoms with Gasteiger partial charge < -0.3 is 9.72 Å². The molecule has 1 fully saturated rings. The summed E-state index contributed by atoms with van der Waals surface area (Å²) in [5.41, 5.74) is 1.86. The van der Waals surface area contributed by atoms with Crippen molar-refractivity contribution in [3.8, 4) is 0 Å². The van der Waals surface area contributed by atoms with Gasteiger partial charge in [0.05, 0.1) is 12.2 Å². The van der Waals surface area contributed by atoms with Crippen LogP contribution in [0, 0.1) is 6.92 Å². The van der Waals surface area contributed by atoms with Crippen LogP contribution in [0.15, 0.2) is 35.4 Å². The number of aryl methyl sites for hydroxylation is 1. The summed E-state index contributed by atoms with van der Waals surface area (Å²) in [6.45, 7) is 3.58. The van der Waals surface area contributed by atoms with Crippen LogP contribution in [0.5, 0.6) is 0 Å². The maximum atomic E-state index is 12.6. The van der Waals surface area contributed by atoms with Crippen molar-refractivity contribution in [2.45, 2.75) is 43.7 Å². The van der Waals surface area contributed by atoms with E-state index in [-0.39, 0.29) is 23.2 Å². The van der Waals surface area contributed by atoms with Gasteiger partial charge in [-0.3, -0.25) is 0 Å². The van der Waals surface area contributed by atoms with Gasteiger partial charge in [-0.25, -0.2) is 17.9 Å². The molecule has 0 unspecified atom stereocenters. The Morgan fingerprint density at radius 3 is 2.58 bits per heavy atom. The smallest absolute Gasteiger partial charge is 0.339 e. The highest BCUT2D eigenvalue weighted by atomic mass is 35.5. The fraction of sp³-hybridized carbons (Fsp3) is 0.389. The lowest BCUT2D eigenvalue weighted by Crippen LogP contribution is -2.43. The molecule has 0 saturated heterocycles. The van der Waals surface area contributed by atoms with Gasteiger partial charge in [-0.05, 0) is 56.4 Å². The van der Waals surface area contributed by atoms with Crippen LogP contribution in [-0.4, -0.2) is 32.0 Å². The third kappa shape index (κ3) is 3.95. The number of aromatic amines is 1. The Kier molecular flexibility index (Phi) is 5.41. The number of carbonyl (C=O) groups is 1. The van der Waals surface area contributed by atoms with Crippen LogP contribution in [0.3, 0.4) is 0 Å². The Hall–Kier alpha value is -1.83. The van der Waals surface area contributed by atoms with Gasteiger partial charge in [0.25, 0.3) is 10.0 Å². The highest BCUT2D eigenvalue weighted by Crippen LogP contribution is 2.37. The number of sulfonamides is 1. The predicted molar refractivity (Wildman–Crippen MR) is 99.0 cm³/mol. The molecule has 0 atom stereocenters. The van der Waals surface area contributed by atoms with Crippen molar-refractivity contribution >= 4 is 27.6 Å². The molecule has 0 spiro atoms. The number of hydrogen-bond donors (Lipinski definition) is 2. The van der Waals surface area contributed by atoms with Gasteiger partial charge in [-0.1, -0.05) is 23.7 Å². The van der Waals surface area contributed by atoms with E-state index in [0.717, 1.165) is 18.4 Å². The first-order chi connectivity index (χ1) is 12.3. The quantitative estimate of drug-likeness (QED) is 0.732. The zero-order valence-corrected chi connectivity index (χ0v) is 16.2. The minimum atomic E-state index is -3.72. The maximum Gasteiger partial charge on any atom is 0.339 e. The second-order valence-electron chi connectivity index (χ2n) is 6.43. The number of H-pyrrole nitrogens is 1. The maximum absolute atomic E-state index is 12.6. The first kappa shape index (κ1) is 18.9. The minimum absolute atomic E-state index is 0.0204. The molecule has 3 rings (SSSR count). The molecule has 1 heterocycles. The lowest BCUT2D eigenvalue weighted by atomic mass is 9.76. The topological polar surface area (TPSA) is 88.3 Å². The summed E-state index contributed by atoms with van der Waals surface area (Å²) in [6, 6.07) is 8.82. The number of aromatic nitrogens is 1. The van der Waals surface area contributed by atoms with Crippen molar-refractivity contribution < 1.29 is 17.9 Å². The Balaban J connectivity index is 1.64. The number of esters is 1. The zero-order valence-electron chi connectivity index (χ0n) is 14.6. The summed E-state index contributed by atoms with van der Waals surface area (Å²) in [5, 5.41) is 0.665. The standard InChI is InChI=1S/C18H21ClN2O4S/c1-3-25-18(22)16-10-17(20-11(16)2)26(23,24)21-15-8-13(9-15)12-4-6-14(19)7-5-12/h4-7,10,13,15,20-21H,3,8-9H2,1-2H3. The van der Waals surface area contributed by atoms with Gasteiger partial charge in [0.1, 0.15) is 5.03 Å². The van der Waals surface area contributed by atoms with Gasteiger partial charge in [0, 0.05) is 16.8 Å². The largest absolute Gasteiger partial charge is 0.462 e. The van der Waals surface area contributed by atoms with Crippen LogP contribution in [0.1, 0.15) is 47.3 Å². The summed E-state index contributed by atoms with van der Waals surface area (Å²) >= 11 is 5.89. The molecule has 2 N–H and O–H groups in total. The molecule has 6 nitrogen and oxygen atoms in total. The molecular weight excluding hydrogens is 376 g/mol. The van der Waals surface area contributed by atoms with Crippen molar-refractivity contribution in [1.29, 1.82) is 0 Å². The van der Waals surface area contributed by atoms with E-state index in [9.17, 15) is 13.2 Å². The highest BCUT2D eigenvalue weighted by Gasteiger charge is 2.34. The number of hydrogen-bond acceptors (Lipinski definition) is 4. The van der Waals surface area contributed by atoms with Crippen LogP contribution in [0.25, 0.3) is 0 Å². The van der Waals surface area contributed by atoms with E-state index in [1.54, 1.807) is 13.8 Å². The fourth-order valence-electron chi connectivity index (χ4n) is 3.10. The molecule has 0 radical (unpaired) electrons. The molecule has 1 aliphatic carbocycles. The number of carbonyl (C=O) groups excluding carboxylic acids is 1. The van der Waals surface area contributed by atoms with E-state index in [1.165, 1.54) is 6.07 Å². The predicted octanol–water partition coefficient (Wildman–Crippen LogP) is 3.38. The summed E-state index contributed by atoms with van der Waals surface area (Å²) in [5.74, 6) is -0.213. The third-order valence-electron chi connectivity index (χ3n) is 4.58. The molecule has 1 saturated carbocycles. The molecule has 26 heavy (non-hydrogen) atoms. The zero-order chi connectivity index (χ0) is 18.9. The van der Waals surface area contributed by atoms with Crippen molar-refractivity contribution in [1.82, 2.24) is 9.71 Å². The Labute approximate surface area is 158 Å². The molecule has 8 heteroatoms. The monoisotopic (exact) mass is 396 g/mol. The molecule has 140 valence electrons. The average molecular weight is 397 g/mol. The van der Waals surface area contributed by atoms with E-state index in [0.29, 0.717) is 16.6 Å². The Morgan fingerprint density at radius 1 is 1.31 bits per heavy atom. The SMILES string of the molecule is CCOC(=O)c1cc(S(=O)(=O)NC2CC(c3ccc(Cl)cc3)C2)[nH]c1C. The van der Waals surface area contributed by atoms with Gasteiger partial charge >= 0.3 is 5.97 Å². The van der Waals surface area contributed by atoms with Crippen molar-refractivity contribution in [2.24, 2.45) is 0 Å². The molecule has 0 amide bonds. The first-order valence-electron chi connectivity index (χ1n) is 8.44. The van der Waals surface area contributed by atoms with Gasteiger partial charge in [-0.15, -0.1) is 0 Å². The molecule has 1 aliphatic rings. The fourth-order valence-corrected chi connectivity index (χ4v) is 4.54. The number of rotatable bonds is 6. The Bertz CT molecular complexity index is 900. The summed E-state index contributed by atoms with van der Waals surface area (Å²) in [4.78, 5) is 14.6. The van der Waals surface area contributed by atoms with Crippen LogP contribution in [-0.2, 0) is 14.8 Å². The number of benzene rings is 1. The van der Waals surface area contributed by atoms with E-state index in [2.05, 4.69) is 9.71 Å². The first-order valence-corrected chi connectivity index (χ1v) is 10.3. The van der Waals surface area contributed by atoms with Gasteiger partial charge in [-0.2, -0.15) is 0 Å². The second kappa shape index (κ2) is 7.42. The highest BCUT2D eigenvalue weighted by molar-refractivity contribution is 7.89. The van der Waals surface area contributed by atoms with Crippen LogP contribution >= 0.6 is 11.6 Å². The van der Waals surface area contributed by atoms with E-state index in [1.807, 2.05) is 24.3 Å². The molecule has 1 aromatic heterocycles. The lowest BCUT2D eigenvalue weighted by molar-refractivity contribution is 0.0525. The van der Waals surface area contributed by atoms with Crippen molar-refractivity contribution in [2.75, 3.05) is 6.61 Å². The number of halogens is 1. The molecule has 0 aliphatic heterocycles. The average Bonchev–Trinajstić information content (AvgIpc) is 2.95. The summed E-state index contributed by atoms with van der Waals surface area (Å²) < 4.78 is 32.7. The van der Waals surface area contributed by atoms with Gasteiger partial charge in [0.15, 0.2) is 0 Å². The van der Waals surface area contributed by atoms with Crippen LogP contribution in [0.2, 0.25) is 5.02 Å². The molecule has 0 bridgehead atoms. The van der Waals surface area contributed by atoms with E-state index >= 15 is 0 Å². The van der Waals surface area contributed by atoms with Crippen molar-refractivity contribution in [3.63, 3.8) is 0 Å². The normalized spacial score (nSPS) is 19.8. The molecule has 1 aromatic carbocycles. The second-order valence-corrected chi connectivity index (χ2v) is 8.55. The van der Waals surface area contributed by atoms with Gasteiger partial charge in [0.2, 0.25) is 0 Å². The Morgan fingerprint density at radius 2 is 1.96 bits per heavy atom. The van der Waals surface area contributed by atoms with E-state index < -0.39 is 16.0 Å². The minimum Gasteiger partial charge on any atom is -0.462 e. The van der Waals surface area contributed by atoms with Crippen LogP contribution in [0.4, 0.5) is 0 Å². The van der Waals surface area contributed by atoms with E-state index in [4.69, 9.17) is 16.3 Å². The number of ether oxygens (including phenoxy) is 1. The van der Waals surface area contributed by atoms with Crippen LogP contribution < -0.4 is 4.72 Å². The molecular formula is C18H21ClN2O4S. The lowest BCUT2D eigenvalue weighted by Gasteiger charge is -2.35. The molecule has 2 aromatic rings. The van der Waals surface area contributed by atoms with Crippen molar-refractivity contribution in [3.05, 3.63) is 52.2 Å². The number of nitrogens with one attached hydrogen (secondary N) is 2.